The highest BCUT2D eigenvalue weighted by Gasteiger charge is 2.38. The lowest BCUT2D eigenvalue weighted by Crippen LogP contribution is -2.32. The monoisotopic (exact) mass is 262 g/mol. The predicted octanol–water partition coefficient (Wildman–Crippen LogP) is 1.87. The topological polar surface area (TPSA) is 66.0 Å². The van der Waals surface area contributed by atoms with Crippen molar-refractivity contribution in [1.82, 2.24) is 15.0 Å². The molecule has 0 unspecified atom stereocenters. The minimum atomic E-state index is 0.186. The van der Waals surface area contributed by atoms with Crippen molar-refractivity contribution in [3.8, 4) is 0 Å². The van der Waals surface area contributed by atoms with Crippen LogP contribution in [-0.4, -0.2) is 40.6 Å². The van der Waals surface area contributed by atoms with E-state index in [1.165, 1.54) is 32.1 Å². The SMILES string of the molecule is CNc1nc(NC2(C)CC2)nc(N2CCCCC2)n1. The highest BCUT2D eigenvalue weighted by molar-refractivity contribution is 5.45. The van der Waals surface area contributed by atoms with Gasteiger partial charge in [0.05, 0.1) is 0 Å². The van der Waals surface area contributed by atoms with Crippen LogP contribution in [0.3, 0.4) is 0 Å². The Morgan fingerprint density at radius 3 is 2.32 bits per heavy atom. The van der Waals surface area contributed by atoms with Crippen molar-refractivity contribution in [1.29, 1.82) is 0 Å². The number of rotatable bonds is 4. The third kappa shape index (κ3) is 2.88. The molecule has 1 aliphatic heterocycles. The Morgan fingerprint density at radius 1 is 1.00 bits per heavy atom. The quantitative estimate of drug-likeness (QED) is 0.863. The number of hydrogen-bond donors (Lipinski definition) is 2. The molecule has 104 valence electrons. The molecule has 6 heteroatoms. The summed E-state index contributed by atoms with van der Waals surface area (Å²) in [6.45, 7) is 4.30. The summed E-state index contributed by atoms with van der Waals surface area (Å²) in [6.07, 6.45) is 6.13. The van der Waals surface area contributed by atoms with Crippen LogP contribution in [0.2, 0.25) is 0 Å². The first-order valence-corrected chi connectivity index (χ1v) is 7.15. The zero-order valence-electron chi connectivity index (χ0n) is 11.7. The molecular formula is C13H22N6. The average molecular weight is 262 g/mol. The molecule has 2 heterocycles. The van der Waals surface area contributed by atoms with Crippen LogP contribution < -0.4 is 15.5 Å². The molecule has 0 atom stereocenters. The summed E-state index contributed by atoms with van der Waals surface area (Å²) in [4.78, 5) is 15.7. The number of nitrogens with one attached hydrogen (secondary N) is 2. The van der Waals surface area contributed by atoms with E-state index < -0.39 is 0 Å². The lowest BCUT2D eigenvalue weighted by molar-refractivity contribution is 0.567. The van der Waals surface area contributed by atoms with E-state index in [9.17, 15) is 0 Å². The van der Waals surface area contributed by atoms with Crippen LogP contribution in [0.1, 0.15) is 39.0 Å². The summed E-state index contributed by atoms with van der Waals surface area (Å²) >= 11 is 0. The van der Waals surface area contributed by atoms with Crippen molar-refractivity contribution in [2.24, 2.45) is 0 Å². The van der Waals surface area contributed by atoms with E-state index in [-0.39, 0.29) is 5.54 Å². The van der Waals surface area contributed by atoms with Crippen molar-refractivity contribution in [3.05, 3.63) is 0 Å². The molecule has 0 aromatic carbocycles. The van der Waals surface area contributed by atoms with Gasteiger partial charge >= 0.3 is 0 Å². The summed E-state index contributed by atoms with van der Waals surface area (Å²) in [5.74, 6) is 2.13. The second kappa shape index (κ2) is 4.83. The summed E-state index contributed by atoms with van der Waals surface area (Å²) in [5, 5.41) is 6.44. The van der Waals surface area contributed by atoms with Gasteiger partial charge in [-0.25, -0.2) is 0 Å². The summed E-state index contributed by atoms with van der Waals surface area (Å²) in [7, 11) is 1.85. The lowest BCUT2D eigenvalue weighted by atomic mass is 10.1. The summed E-state index contributed by atoms with van der Waals surface area (Å²) in [6, 6.07) is 0. The van der Waals surface area contributed by atoms with Crippen LogP contribution >= 0.6 is 0 Å². The van der Waals surface area contributed by atoms with Crippen molar-refractivity contribution in [2.45, 2.75) is 44.6 Å². The van der Waals surface area contributed by atoms with Crippen LogP contribution in [0.4, 0.5) is 17.8 Å². The summed E-state index contributed by atoms with van der Waals surface area (Å²) < 4.78 is 0. The largest absolute Gasteiger partial charge is 0.357 e. The third-order valence-electron chi connectivity index (χ3n) is 3.90. The van der Waals surface area contributed by atoms with Gasteiger partial charge in [0.1, 0.15) is 0 Å². The van der Waals surface area contributed by atoms with Gasteiger partial charge in [0.15, 0.2) is 0 Å². The van der Waals surface area contributed by atoms with Crippen molar-refractivity contribution in [2.75, 3.05) is 35.7 Å². The molecule has 0 amide bonds. The maximum atomic E-state index is 4.58. The molecular weight excluding hydrogens is 240 g/mol. The van der Waals surface area contributed by atoms with Crippen LogP contribution in [0.25, 0.3) is 0 Å². The number of anilines is 3. The normalized spacial score (nSPS) is 21.1. The summed E-state index contributed by atoms with van der Waals surface area (Å²) in [5.41, 5.74) is 0.186. The molecule has 2 fully saturated rings. The van der Waals surface area contributed by atoms with E-state index in [0.29, 0.717) is 11.9 Å². The van der Waals surface area contributed by atoms with Gasteiger partial charge in [-0.15, -0.1) is 0 Å². The van der Waals surface area contributed by atoms with Crippen molar-refractivity contribution >= 4 is 17.8 Å². The van der Waals surface area contributed by atoms with Crippen LogP contribution in [-0.2, 0) is 0 Å². The highest BCUT2D eigenvalue weighted by atomic mass is 15.3. The molecule has 0 radical (unpaired) electrons. The number of aromatic nitrogens is 3. The molecule has 6 nitrogen and oxygen atoms in total. The molecule has 1 aromatic rings. The van der Waals surface area contributed by atoms with Gasteiger partial charge in [-0.05, 0) is 39.0 Å². The molecule has 1 saturated carbocycles. The van der Waals surface area contributed by atoms with Crippen LogP contribution in [0.5, 0.6) is 0 Å². The van der Waals surface area contributed by atoms with Gasteiger partial charge in [0.25, 0.3) is 0 Å². The third-order valence-corrected chi connectivity index (χ3v) is 3.90. The molecule has 2 aliphatic rings. The molecule has 1 aromatic heterocycles. The van der Waals surface area contributed by atoms with Gasteiger partial charge in [-0.3, -0.25) is 0 Å². The first-order chi connectivity index (χ1) is 9.18. The van der Waals surface area contributed by atoms with Gasteiger partial charge < -0.3 is 15.5 Å². The molecule has 1 saturated heterocycles. The second-order valence-electron chi connectivity index (χ2n) is 5.77. The molecule has 19 heavy (non-hydrogen) atoms. The predicted molar refractivity (Wildman–Crippen MR) is 76.7 cm³/mol. The van der Waals surface area contributed by atoms with Gasteiger partial charge in [-0.1, -0.05) is 0 Å². The lowest BCUT2D eigenvalue weighted by Gasteiger charge is -2.27. The fraction of sp³-hybridized carbons (Fsp3) is 0.769. The zero-order chi connectivity index (χ0) is 13.3. The Morgan fingerprint density at radius 2 is 1.68 bits per heavy atom. The molecule has 1 aliphatic carbocycles. The van der Waals surface area contributed by atoms with Crippen molar-refractivity contribution in [3.63, 3.8) is 0 Å². The smallest absolute Gasteiger partial charge is 0.231 e. The van der Waals surface area contributed by atoms with Crippen LogP contribution in [0, 0.1) is 0 Å². The van der Waals surface area contributed by atoms with Gasteiger partial charge in [-0.2, -0.15) is 15.0 Å². The Labute approximate surface area is 114 Å². The fourth-order valence-corrected chi connectivity index (χ4v) is 2.35. The average Bonchev–Trinajstić information content (AvgIpc) is 3.16. The zero-order valence-corrected chi connectivity index (χ0v) is 11.7. The Bertz CT molecular complexity index is 450. The highest BCUT2D eigenvalue weighted by Crippen LogP contribution is 2.37. The minimum Gasteiger partial charge on any atom is -0.357 e. The van der Waals surface area contributed by atoms with E-state index in [1.807, 2.05) is 7.05 Å². The maximum Gasteiger partial charge on any atom is 0.231 e. The van der Waals surface area contributed by atoms with Gasteiger partial charge in [0, 0.05) is 25.7 Å². The Hall–Kier alpha value is -1.59. The molecule has 3 rings (SSSR count). The number of nitrogens with zero attached hydrogens (tertiary/aromatic N) is 4. The van der Waals surface area contributed by atoms with Gasteiger partial charge in [0.2, 0.25) is 17.8 Å². The standard InChI is InChI=1S/C13H22N6/c1-13(6-7-13)18-11-15-10(14-2)16-12(17-11)19-8-4-3-5-9-19/h3-9H2,1-2H3,(H2,14,15,16,17,18). The van der Waals surface area contributed by atoms with E-state index in [1.54, 1.807) is 0 Å². The van der Waals surface area contributed by atoms with E-state index in [0.717, 1.165) is 19.0 Å². The molecule has 0 spiro atoms. The van der Waals surface area contributed by atoms with E-state index in [4.69, 9.17) is 0 Å². The second-order valence-corrected chi connectivity index (χ2v) is 5.77. The molecule has 0 bridgehead atoms. The van der Waals surface area contributed by atoms with E-state index in [2.05, 4.69) is 37.4 Å². The van der Waals surface area contributed by atoms with Crippen molar-refractivity contribution < 1.29 is 0 Å². The Kier molecular flexibility index (Phi) is 3.16. The number of hydrogen-bond acceptors (Lipinski definition) is 6. The first-order valence-electron chi connectivity index (χ1n) is 7.15. The first kappa shape index (κ1) is 12.4. The minimum absolute atomic E-state index is 0.186. The van der Waals surface area contributed by atoms with Crippen LogP contribution in [0.15, 0.2) is 0 Å². The Balaban J connectivity index is 1.83. The van der Waals surface area contributed by atoms with E-state index >= 15 is 0 Å². The fourth-order valence-electron chi connectivity index (χ4n) is 2.35. The molecule has 2 N–H and O–H groups in total. The maximum absolute atomic E-state index is 4.58. The number of piperidine rings is 1.